The molecule has 0 aliphatic heterocycles. The fraction of sp³-hybridized carbons (Fsp3) is 0.125. The van der Waals surface area contributed by atoms with Crippen molar-refractivity contribution in [2.45, 2.75) is 10.6 Å². The third-order valence-electron chi connectivity index (χ3n) is 3.39. The predicted molar refractivity (Wildman–Crippen MR) is 93.9 cm³/mol. The van der Waals surface area contributed by atoms with Crippen LogP contribution in [0.5, 0.6) is 0 Å². The van der Waals surface area contributed by atoms with Crippen molar-refractivity contribution in [2.24, 2.45) is 0 Å². The van der Waals surface area contributed by atoms with E-state index in [1.807, 2.05) is 6.07 Å². The largest absolute Gasteiger partial charge is 0.326 e. The Balaban J connectivity index is 1.77. The lowest BCUT2D eigenvalue weighted by Gasteiger charge is -2.01. The lowest BCUT2D eigenvalue weighted by Crippen LogP contribution is -2.20. The monoisotopic (exact) mass is 375 g/mol. The van der Waals surface area contributed by atoms with E-state index in [9.17, 15) is 24.0 Å². The van der Waals surface area contributed by atoms with Crippen LogP contribution in [0.25, 0.3) is 10.2 Å². The van der Waals surface area contributed by atoms with E-state index in [0.29, 0.717) is 15.5 Å². The summed E-state index contributed by atoms with van der Waals surface area (Å²) in [6.07, 6.45) is 0.197. The van der Waals surface area contributed by atoms with Crippen LogP contribution in [-0.4, -0.2) is 21.5 Å². The molecular formula is C16H10FN3O3S2. The van der Waals surface area contributed by atoms with Crippen LogP contribution >= 0.6 is 23.1 Å². The van der Waals surface area contributed by atoms with Crippen LogP contribution < -0.4 is 11.2 Å². The van der Waals surface area contributed by atoms with Gasteiger partial charge >= 0.3 is 5.69 Å². The number of Topliss-reactive ketones (excluding diaryl/α,β-unsaturated/α-hetero) is 1. The van der Waals surface area contributed by atoms with Crippen molar-refractivity contribution < 1.29 is 9.18 Å². The molecule has 126 valence electrons. The summed E-state index contributed by atoms with van der Waals surface area (Å²) in [5.74, 6) is -0.160. The fourth-order valence-corrected chi connectivity index (χ4v) is 4.55. The molecule has 0 saturated heterocycles. The second-order valence-electron chi connectivity index (χ2n) is 5.02. The average molecular weight is 375 g/mol. The third kappa shape index (κ3) is 3.55. The minimum absolute atomic E-state index is 0.140. The Hall–Kier alpha value is -2.70. The Morgan fingerprint density at radius 2 is 1.96 bits per heavy atom. The van der Waals surface area contributed by atoms with Gasteiger partial charge in [-0.3, -0.25) is 14.6 Å². The molecule has 2 heterocycles. The summed E-state index contributed by atoms with van der Waals surface area (Å²) in [4.78, 5) is 39.8. The molecule has 0 unspecified atom stereocenters. The molecule has 0 aliphatic carbocycles. The molecule has 6 nitrogen and oxygen atoms in total. The standard InChI is InChI=1S/C16H10FN3O3S2/c17-9-3-1-8(2-4-9)11(21)5-6-24-15-10(7-18)12-13(25-15)14(22)20-16(23)19-12/h1-4H,5-6H2,(H2,19,20,22,23). The van der Waals surface area contributed by atoms with Crippen molar-refractivity contribution in [1.29, 1.82) is 5.26 Å². The molecular weight excluding hydrogens is 365 g/mol. The zero-order valence-electron chi connectivity index (χ0n) is 12.6. The molecule has 3 rings (SSSR count). The normalized spacial score (nSPS) is 10.7. The Bertz CT molecular complexity index is 1110. The van der Waals surface area contributed by atoms with Gasteiger partial charge in [-0.05, 0) is 24.3 Å². The summed E-state index contributed by atoms with van der Waals surface area (Å²) in [5.41, 5.74) is -0.361. The van der Waals surface area contributed by atoms with E-state index in [0.717, 1.165) is 11.3 Å². The number of nitrogens with zero attached hydrogens (tertiary/aromatic N) is 1. The number of halogens is 1. The van der Waals surface area contributed by atoms with Gasteiger partial charge in [0, 0.05) is 17.7 Å². The van der Waals surface area contributed by atoms with Crippen LogP contribution in [0.15, 0.2) is 38.1 Å². The van der Waals surface area contributed by atoms with E-state index >= 15 is 0 Å². The highest BCUT2D eigenvalue weighted by atomic mass is 32.2. The molecule has 25 heavy (non-hydrogen) atoms. The van der Waals surface area contributed by atoms with E-state index in [-0.39, 0.29) is 28.0 Å². The lowest BCUT2D eigenvalue weighted by molar-refractivity contribution is 0.0989. The maximum absolute atomic E-state index is 12.9. The molecule has 0 radical (unpaired) electrons. The summed E-state index contributed by atoms with van der Waals surface area (Å²) in [6.45, 7) is 0. The first-order valence-corrected chi connectivity index (χ1v) is 8.90. The van der Waals surface area contributed by atoms with Gasteiger partial charge in [-0.1, -0.05) is 0 Å². The van der Waals surface area contributed by atoms with Gasteiger partial charge in [0.2, 0.25) is 0 Å². The van der Waals surface area contributed by atoms with E-state index in [1.54, 1.807) is 0 Å². The summed E-state index contributed by atoms with van der Waals surface area (Å²) in [5, 5.41) is 9.31. The van der Waals surface area contributed by atoms with Crippen molar-refractivity contribution in [1.82, 2.24) is 9.97 Å². The minimum Gasteiger partial charge on any atom is -0.305 e. The smallest absolute Gasteiger partial charge is 0.305 e. The van der Waals surface area contributed by atoms with Crippen LogP contribution in [0.2, 0.25) is 0 Å². The first kappa shape index (κ1) is 17.1. The van der Waals surface area contributed by atoms with Gasteiger partial charge in [0.1, 0.15) is 22.1 Å². The second kappa shape index (κ2) is 7.04. The number of carbonyl (C=O) groups is 1. The molecule has 0 saturated carbocycles. The highest BCUT2D eigenvalue weighted by Gasteiger charge is 2.16. The van der Waals surface area contributed by atoms with E-state index < -0.39 is 17.1 Å². The highest BCUT2D eigenvalue weighted by molar-refractivity contribution is 8.01. The molecule has 0 fully saturated rings. The number of thiophene rings is 1. The number of aromatic nitrogens is 2. The van der Waals surface area contributed by atoms with Crippen molar-refractivity contribution in [2.75, 3.05) is 5.75 Å². The number of nitrogens with one attached hydrogen (secondary N) is 2. The van der Waals surface area contributed by atoms with Crippen LogP contribution in [0.1, 0.15) is 22.3 Å². The number of thioether (sulfide) groups is 1. The van der Waals surface area contributed by atoms with E-state index in [2.05, 4.69) is 9.97 Å². The van der Waals surface area contributed by atoms with Crippen LogP contribution in [0.3, 0.4) is 0 Å². The SMILES string of the molecule is N#Cc1c(SCCC(=O)c2ccc(F)cc2)sc2c(=O)[nH]c(=O)[nH]c12. The molecule has 0 bridgehead atoms. The van der Waals surface area contributed by atoms with Crippen LogP contribution in [-0.2, 0) is 0 Å². The molecule has 0 amide bonds. The number of hydrogen-bond acceptors (Lipinski definition) is 6. The minimum atomic E-state index is -0.671. The summed E-state index contributed by atoms with van der Waals surface area (Å²) in [7, 11) is 0. The third-order valence-corrected chi connectivity index (χ3v) is 5.85. The van der Waals surface area contributed by atoms with E-state index in [4.69, 9.17) is 0 Å². The summed E-state index contributed by atoms with van der Waals surface area (Å²) >= 11 is 2.36. The Morgan fingerprint density at radius 1 is 1.24 bits per heavy atom. The molecule has 3 aromatic rings. The lowest BCUT2D eigenvalue weighted by atomic mass is 10.1. The zero-order valence-corrected chi connectivity index (χ0v) is 14.2. The van der Waals surface area contributed by atoms with Crippen LogP contribution in [0, 0.1) is 17.1 Å². The number of ketones is 1. The zero-order chi connectivity index (χ0) is 18.0. The van der Waals surface area contributed by atoms with Crippen molar-refractivity contribution in [3.8, 4) is 6.07 Å². The van der Waals surface area contributed by atoms with Gasteiger partial charge in [0.05, 0.1) is 9.73 Å². The molecule has 2 N–H and O–H groups in total. The molecule has 9 heteroatoms. The van der Waals surface area contributed by atoms with Gasteiger partial charge in [0.25, 0.3) is 5.56 Å². The molecule has 0 spiro atoms. The second-order valence-corrected chi connectivity index (χ2v) is 7.40. The molecule has 0 atom stereocenters. The van der Waals surface area contributed by atoms with Gasteiger partial charge in [-0.2, -0.15) is 5.26 Å². The number of fused-ring (bicyclic) bond motifs is 1. The number of hydrogen-bond donors (Lipinski definition) is 2. The van der Waals surface area contributed by atoms with Gasteiger partial charge in [-0.15, -0.1) is 23.1 Å². The summed E-state index contributed by atoms with van der Waals surface area (Å²) in [6, 6.07) is 7.29. The summed E-state index contributed by atoms with van der Waals surface area (Å²) < 4.78 is 13.7. The predicted octanol–water partition coefficient (Wildman–Crippen LogP) is 2.65. The van der Waals surface area contributed by atoms with Crippen LogP contribution in [0.4, 0.5) is 4.39 Å². The quantitative estimate of drug-likeness (QED) is 0.527. The first-order valence-electron chi connectivity index (χ1n) is 7.10. The Labute approximate surface area is 148 Å². The van der Waals surface area contributed by atoms with Crippen molar-refractivity contribution in [3.63, 3.8) is 0 Å². The average Bonchev–Trinajstić information content (AvgIpc) is 2.93. The maximum Gasteiger partial charge on any atom is 0.326 e. The number of H-pyrrole nitrogens is 2. The fourth-order valence-electron chi connectivity index (χ4n) is 2.21. The number of benzene rings is 1. The number of aromatic amines is 2. The van der Waals surface area contributed by atoms with E-state index in [1.165, 1.54) is 36.0 Å². The van der Waals surface area contributed by atoms with Crippen molar-refractivity contribution >= 4 is 39.1 Å². The molecule has 0 aliphatic rings. The molecule has 1 aromatic carbocycles. The Kier molecular flexibility index (Phi) is 4.83. The number of rotatable bonds is 5. The van der Waals surface area contributed by atoms with Crippen molar-refractivity contribution in [3.05, 3.63) is 62.0 Å². The maximum atomic E-state index is 12.9. The topological polar surface area (TPSA) is 107 Å². The first-order chi connectivity index (χ1) is 12.0. The number of nitriles is 1. The van der Waals surface area contributed by atoms with Gasteiger partial charge in [-0.25, -0.2) is 9.18 Å². The molecule has 2 aromatic heterocycles. The van der Waals surface area contributed by atoms with Gasteiger partial charge in [0.15, 0.2) is 5.78 Å². The van der Waals surface area contributed by atoms with Gasteiger partial charge < -0.3 is 4.98 Å². The number of carbonyl (C=O) groups excluding carboxylic acids is 1. The highest BCUT2D eigenvalue weighted by Crippen LogP contribution is 2.35. The Morgan fingerprint density at radius 3 is 2.64 bits per heavy atom.